The monoisotopic (exact) mass is 267 g/mol. The first kappa shape index (κ1) is 15.8. The second kappa shape index (κ2) is 7.34. The van der Waals surface area contributed by atoms with Gasteiger partial charge in [0, 0.05) is 6.04 Å². The fourth-order valence-electron chi connectivity index (χ4n) is 2.40. The summed E-state index contributed by atoms with van der Waals surface area (Å²) in [6.07, 6.45) is -1.02. The molecular weight excluding hydrogens is 243 g/mol. The molecule has 0 bridgehead atoms. The summed E-state index contributed by atoms with van der Waals surface area (Å²) in [7, 11) is 0. The zero-order valence-electron chi connectivity index (χ0n) is 11.2. The number of rotatable bonds is 6. The van der Waals surface area contributed by atoms with Gasteiger partial charge in [0.05, 0.1) is 19.1 Å². The van der Waals surface area contributed by atoms with Gasteiger partial charge in [0.15, 0.2) is 0 Å². The van der Waals surface area contributed by atoms with Crippen LogP contribution in [0, 0.1) is 5.92 Å². The Hall–Kier alpha value is -0.290. The topological polar surface area (TPSA) is 21.3 Å². The summed E-state index contributed by atoms with van der Waals surface area (Å²) < 4.78 is 41.7. The van der Waals surface area contributed by atoms with Crippen LogP contribution in [-0.4, -0.2) is 31.5 Å². The van der Waals surface area contributed by atoms with Crippen LogP contribution in [0.4, 0.5) is 13.2 Å². The first-order chi connectivity index (χ1) is 8.42. The van der Waals surface area contributed by atoms with Crippen molar-refractivity contribution >= 4 is 0 Å². The quantitative estimate of drug-likeness (QED) is 0.795. The Balaban J connectivity index is 2.36. The molecule has 108 valence electrons. The second-order valence-electron chi connectivity index (χ2n) is 5.25. The lowest BCUT2D eigenvalue weighted by Gasteiger charge is -2.35. The van der Waals surface area contributed by atoms with Gasteiger partial charge >= 0.3 is 6.18 Å². The van der Waals surface area contributed by atoms with E-state index in [0.717, 1.165) is 32.2 Å². The number of hydrogen-bond donors (Lipinski definition) is 1. The summed E-state index contributed by atoms with van der Waals surface area (Å²) in [4.78, 5) is 0. The molecule has 0 aliphatic heterocycles. The molecule has 0 radical (unpaired) electrons. The Morgan fingerprint density at radius 3 is 2.61 bits per heavy atom. The zero-order chi connectivity index (χ0) is 13.6. The van der Waals surface area contributed by atoms with Crippen LogP contribution in [0.3, 0.4) is 0 Å². The minimum atomic E-state index is -4.12. The minimum Gasteiger partial charge on any atom is -0.376 e. The van der Waals surface area contributed by atoms with Crippen LogP contribution in [0.2, 0.25) is 0 Å². The van der Waals surface area contributed by atoms with Gasteiger partial charge in [0.25, 0.3) is 0 Å². The van der Waals surface area contributed by atoms with Crippen LogP contribution in [-0.2, 0) is 4.74 Å². The first-order valence-electron chi connectivity index (χ1n) is 6.84. The molecule has 0 saturated heterocycles. The largest absolute Gasteiger partial charge is 0.391 e. The van der Waals surface area contributed by atoms with E-state index in [1.807, 2.05) is 0 Å². The van der Waals surface area contributed by atoms with Gasteiger partial charge in [-0.2, -0.15) is 13.2 Å². The average Bonchev–Trinajstić information content (AvgIpc) is 2.26. The lowest BCUT2D eigenvalue weighted by Crippen LogP contribution is -2.45. The molecule has 2 nitrogen and oxygen atoms in total. The van der Waals surface area contributed by atoms with Crippen LogP contribution in [0.25, 0.3) is 0 Å². The van der Waals surface area contributed by atoms with Crippen molar-refractivity contribution in [1.29, 1.82) is 0 Å². The maximum absolute atomic E-state index is 12.1. The minimum absolute atomic E-state index is 0.0670. The smallest absolute Gasteiger partial charge is 0.376 e. The van der Waals surface area contributed by atoms with E-state index in [4.69, 9.17) is 4.74 Å². The van der Waals surface area contributed by atoms with Gasteiger partial charge in [-0.25, -0.2) is 0 Å². The van der Waals surface area contributed by atoms with Crippen molar-refractivity contribution in [2.45, 2.75) is 64.3 Å². The van der Waals surface area contributed by atoms with Gasteiger partial charge in [-0.15, -0.1) is 0 Å². The number of alkyl halides is 3. The second-order valence-corrected chi connectivity index (χ2v) is 5.25. The van der Waals surface area contributed by atoms with E-state index in [0.29, 0.717) is 5.92 Å². The van der Waals surface area contributed by atoms with E-state index in [9.17, 15) is 13.2 Å². The van der Waals surface area contributed by atoms with Gasteiger partial charge in [0.2, 0.25) is 0 Å². The SMILES string of the molecule is CCCNC1CCC(C)CC1OCCC(F)(F)F. The third kappa shape index (κ3) is 6.05. The van der Waals surface area contributed by atoms with Gasteiger partial charge in [-0.05, 0) is 38.1 Å². The molecule has 18 heavy (non-hydrogen) atoms. The summed E-state index contributed by atoms with van der Waals surface area (Å²) in [5, 5.41) is 3.38. The normalized spacial score (nSPS) is 29.5. The van der Waals surface area contributed by atoms with Crippen LogP contribution in [0.5, 0.6) is 0 Å². The predicted octanol–water partition coefficient (Wildman–Crippen LogP) is 3.51. The average molecular weight is 267 g/mol. The van der Waals surface area contributed by atoms with Crippen LogP contribution in [0.1, 0.15) is 46.0 Å². The molecule has 0 amide bonds. The third-order valence-electron chi connectivity index (χ3n) is 3.43. The van der Waals surface area contributed by atoms with Gasteiger partial charge in [0.1, 0.15) is 0 Å². The van der Waals surface area contributed by atoms with E-state index in [1.54, 1.807) is 0 Å². The molecule has 1 saturated carbocycles. The van der Waals surface area contributed by atoms with Crippen LogP contribution < -0.4 is 5.32 Å². The Morgan fingerprint density at radius 2 is 2.00 bits per heavy atom. The molecule has 0 aromatic rings. The highest BCUT2D eigenvalue weighted by atomic mass is 19.4. The molecule has 3 atom stereocenters. The van der Waals surface area contributed by atoms with Crippen molar-refractivity contribution in [2.24, 2.45) is 5.92 Å². The van der Waals surface area contributed by atoms with Crippen LogP contribution >= 0.6 is 0 Å². The molecular formula is C13H24F3NO. The highest BCUT2D eigenvalue weighted by molar-refractivity contribution is 4.84. The molecule has 1 aliphatic rings. The van der Waals surface area contributed by atoms with Crippen LogP contribution in [0.15, 0.2) is 0 Å². The van der Waals surface area contributed by atoms with E-state index < -0.39 is 12.6 Å². The van der Waals surface area contributed by atoms with Gasteiger partial charge in [-0.1, -0.05) is 13.8 Å². The molecule has 0 aromatic carbocycles. The Morgan fingerprint density at radius 1 is 1.28 bits per heavy atom. The fourth-order valence-corrected chi connectivity index (χ4v) is 2.40. The van der Waals surface area contributed by atoms with Crippen molar-refractivity contribution in [3.8, 4) is 0 Å². The lowest BCUT2D eigenvalue weighted by molar-refractivity contribution is -0.152. The van der Waals surface area contributed by atoms with Crippen molar-refractivity contribution in [2.75, 3.05) is 13.2 Å². The summed E-state index contributed by atoms with van der Waals surface area (Å²) >= 11 is 0. The third-order valence-corrected chi connectivity index (χ3v) is 3.43. The summed E-state index contributed by atoms with van der Waals surface area (Å²) in [5.41, 5.74) is 0. The summed E-state index contributed by atoms with van der Waals surface area (Å²) in [6.45, 7) is 4.90. The van der Waals surface area contributed by atoms with E-state index in [2.05, 4.69) is 19.2 Å². The van der Waals surface area contributed by atoms with Gasteiger partial charge in [-0.3, -0.25) is 0 Å². The molecule has 0 heterocycles. The highest BCUT2D eigenvalue weighted by Gasteiger charge is 2.31. The molecule has 3 unspecified atom stereocenters. The van der Waals surface area contributed by atoms with Crippen molar-refractivity contribution in [3.05, 3.63) is 0 Å². The summed E-state index contributed by atoms with van der Waals surface area (Å²) in [6, 6.07) is 0.217. The Kier molecular flexibility index (Phi) is 6.43. The first-order valence-corrected chi connectivity index (χ1v) is 6.84. The maximum atomic E-state index is 12.1. The maximum Gasteiger partial charge on any atom is 0.391 e. The molecule has 0 spiro atoms. The number of nitrogens with one attached hydrogen (secondary N) is 1. The number of ether oxygens (including phenoxy) is 1. The van der Waals surface area contributed by atoms with Crippen molar-refractivity contribution in [3.63, 3.8) is 0 Å². The molecule has 1 rings (SSSR count). The fraction of sp³-hybridized carbons (Fsp3) is 1.00. The number of halogens is 3. The summed E-state index contributed by atoms with van der Waals surface area (Å²) in [5.74, 6) is 0.542. The van der Waals surface area contributed by atoms with Crippen molar-refractivity contribution in [1.82, 2.24) is 5.32 Å². The Bertz CT molecular complexity index is 231. The van der Waals surface area contributed by atoms with E-state index >= 15 is 0 Å². The molecule has 1 fully saturated rings. The van der Waals surface area contributed by atoms with Gasteiger partial charge < -0.3 is 10.1 Å². The van der Waals surface area contributed by atoms with E-state index in [-0.39, 0.29) is 18.8 Å². The molecule has 5 heteroatoms. The molecule has 1 N–H and O–H groups in total. The van der Waals surface area contributed by atoms with Crippen molar-refractivity contribution < 1.29 is 17.9 Å². The van der Waals surface area contributed by atoms with E-state index in [1.165, 1.54) is 0 Å². The highest BCUT2D eigenvalue weighted by Crippen LogP contribution is 2.27. The molecule has 0 aromatic heterocycles. The zero-order valence-corrected chi connectivity index (χ0v) is 11.2. The lowest BCUT2D eigenvalue weighted by atomic mass is 9.85. The Labute approximate surface area is 107 Å². The predicted molar refractivity (Wildman–Crippen MR) is 65.5 cm³/mol. The number of hydrogen-bond acceptors (Lipinski definition) is 2. The molecule has 1 aliphatic carbocycles. The standard InChI is InChI=1S/C13H24F3NO/c1-3-7-17-11-5-4-10(2)9-12(11)18-8-6-13(14,15)16/h10-12,17H,3-9H2,1-2H3.